The lowest BCUT2D eigenvalue weighted by Crippen LogP contribution is -2.28. The zero-order valence-electron chi connectivity index (χ0n) is 10.5. The zero-order chi connectivity index (χ0) is 13.9. The highest BCUT2D eigenvalue weighted by Gasteiger charge is 2.23. The third-order valence-corrected chi connectivity index (χ3v) is 2.83. The van der Waals surface area contributed by atoms with E-state index in [2.05, 4.69) is 0 Å². The van der Waals surface area contributed by atoms with E-state index < -0.39 is 29.6 Å². The van der Waals surface area contributed by atoms with E-state index in [-0.39, 0.29) is 5.56 Å². The fourth-order valence-corrected chi connectivity index (χ4v) is 1.71. The van der Waals surface area contributed by atoms with Crippen LogP contribution >= 0.6 is 0 Å². The van der Waals surface area contributed by atoms with Crippen molar-refractivity contribution >= 4 is 0 Å². The van der Waals surface area contributed by atoms with Crippen molar-refractivity contribution in [1.29, 1.82) is 0 Å². The quantitative estimate of drug-likeness (QED) is 0.800. The summed E-state index contributed by atoms with van der Waals surface area (Å²) in [6.45, 7) is 3.95. The van der Waals surface area contributed by atoms with Crippen molar-refractivity contribution in [2.75, 3.05) is 0 Å². The van der Waals surface area contributed by atoms with Gasteiger partial charge in [-0.15, -0.1) is 0 Å². The number of nitrogens with two attached hydrogens (primary N) is 1. The molecule has 2 atom stereocenters. The Morgan fingerprint density at radius 2 is 1.78 bits per heavy atom. The first-order chi connectivity index (χ1) is 8.32. The predicted molar refractivity (Wildman–Crippen MR) is 63.3 cm³/mol. The third kappa shape index (κ3) is 3.71. The smallest absolute Gasteiger partial charge is 0.163 e. The van der Waals surface area contributed by atoms with E-state index >= 15 is 0 Å². The van der Waals surface area contributed by atoms with Gasteiger partial charge in [0.2, 0.25) is 0 Å². The normalized spacial score (nSPS) is 14.9. The standard InChI is InChI=1S/C13H18F3NO/c1-7(2)3-4-11(18)13(17)9-5-8(14)6-10(15)12(9)16/h5-7,11,13,18H,3-4,17H2,1-2H3/t11-,13+/m1/s1. The molecule has 2 nitrogen and oxygen atoms in total. The Labute approximate surface area is 105 Å². The molecule has 0 radical (unpaired) electrons. The Balaban J connectivity index is 2.86. The molecule has 0 saturated heterocycles. The van der Waals surface area contributed by atoms with Crippen LogP contribution in [-0.4, -0.2) is 11.2 Å². The summed E-state index contributed by atoms with van der Waals surface area (Å²) in [7, 11) is 0. The van der Waals surface area contributed by atoms with E-state index in [1.807, 2.05) is 13.8 Å². The van der Waals surface area contributed by atoms with Gasteiger partial charge in [0.1, 0.15) is 5.82 Å². The first kappa shape index (κ1) is 15.0. The number of rotatable bonds is 5. The van der Waals surface area contributed by atoms with Crippen LogP contribution in [0, 0.1) is 23.4 Å². The highest BCUT2D eigenvalue weighted by atomic mass is 19.2. The molecule has 0 spiro atoms. The molecule has 0 saturated carbocycles. The van der Waals surface area contributed by atoms with Gasteiger partial charge in [-0.05, 0) is 24.8 Å². The third-order valence-electron chi connectivity index (χ3n) is 2.83. The van der Waals surface area contributed by atoms with Crippen LogP contribution in [0.5, 0.6) is 0 Å². The molecule has 0 amide bonds. The second-order valence-electron chi connectivity index (χ2n) is 4.86. The summed E-state index contributed by atoms with van der Waals surface area (Å²) in [6.07, 6.45) is 0.0353. The van der Waals surface area contributed by atoms with E-state index in [4.69, 9.17) is 5.73 Å². The topological polar surface area (TPSA) is 46.2 Å². The molecule has 0 aliphatic rings. The average molecular weight is 261 g/mol. The first-order valence-corrected chi connectivity index (χ1v) is 5.91. The van der Waals surface area contributed by atoms with Gasteiger partial charge in [-0.3, -0.25) is 0 Å². The second-order valence-corrected chi connectivity index (χ2v) is 4.86. The lowest BCUT2D eigenvalue weighted by molar-refractivity contribution is 0.126. The Morgan fingerprint density at radius 3 is 2.33 bits per heavy atom. The molecule has 0 aliphatic carbocycles. The molecule has 5 heteroatoms. The largest absolute Gasteiger partial charge is 0.391 e. The molecular weight excluding hydrogens is 243 g/mol. The summed E-state index contributed by atoms with van der Waals surface area (Å²) in [5, 5.41) is 9.79. The van der Waals surface area contributed by atoms with Gasteiger partial charge < -0.3 is 10.8 Å². The molecule has 0 unspecified atom stereocenters. The molecular formula is C13H18F3NO. The molecule has 18 heavy (non-hydrogen) atoms. The van der Waals surface area contributed by atoms with Gasteiger partial charge in [0.05, 0.1) is 12.1 Å². The van der Waals surface area contributed by atoms with Gasteiger partial charge in [-0.25, -0.2) is 13.2 Å². The zero-order valence-corrected chi connectivity index (χ0v) is 10.5. The molecule has 0 bridgehead atoms. The van der Waals surface area contributed by atoms with Crippen molar-refractivity contribution in [3.63, 3.8) is 0 Å². The Hall–Kier alpha value is -1.07. The summed E-state index contributed by atoms with van der Waals surface area (Å²) in [4.78, 5) is 0. The van der Waals surface area contributed by atoms with Crippen molar-refractivity contribution in [1.82, 2.24) is 0 Å². The van der Waals surface area contributed by atoms with Gasteiger partial charge in [0.25, 0.3) is 0 Å². The summed E-state index contributed by atoms with van der Waals surface area (Å²) >= 11 is 0. The highest BCUT2D eigenvalue weighted by Crippen LogP contribution is 2.24. The summed E-state index contributed by atoms with van der Waals surface area (Å²) < 4.78 is 39.5. The number of aliphatic hydroxyl groups excluding tert-OH is 1. The summed E-state index contributed by atoms with van der Waals surface area (Å²) in [5.74, 6) is -3.04. The van der Waals surface area contributed by atoms with Gasteiger partial charge in [-0.1, -0.05) is 13.8 Å². The number of aliphatic hydroxyl groups is 1. The maximum atomic E-state index is 13.5. The second kappa shape index (κ2) is 6.20. The van der Waals surface area contributed by atoms with Gasteiger partial charge in [-0.2, -0.15) is 0 Å². The van der Waals surface area contributed by atoms with Crippen molar-refractivity contribution in [3.8, 4) is 0 Å². The van der Waals surface area contributed by atoms with Crippen LogP contribution in [0.3, 0.4) is 0 Å². The molecule has 1 aromatic rings. The monoisotopic (exact) mass is 261 g/mol. The lowest BCUT2D eigenvalue weighted by atomic mass is 9.95. The molecule has 0 heterocycles. The van der Waals surface area contributed by atoms with Gasteiger partial charge in [0.15, 0.2) is 11.6 Å². The fourth-order valence-electron chi connectivity index (χ4n) is 1.71. The van der Waals surface area contributed by atoms with E-state index in [1.165, 1.54) is 0 Å². The predicted octanol–water partition coefficient (Wildman–Crippen LogP) is 2.90. The minimum absolute atomic E-state index is 0.330. The molecule has 1 aromatic carbocycles. The van der Waals surface area contributed by atoms with E-state index in [1.54, 1.807) is 0 Å². The molecule has 1 rings (SSSR count). The van der Waals surface area contributed by atoms with Crippen LogP contribution in [-0.2, 0) is 0 Å². The fraction of sp³-hybridized carbons (Fsp3) is 0.538. The highest BCUT2D eigenvalue weighted by molar-refractivity contribution is 5.24. The van der Waals surface area contributed by atoms with E-state index in [0.717, 1.165) is 6.07 Å². The molecule has 3 N–H and O–H groups in total. The van der Waals surface area contributed by atoms with Crippen molar-refractivity contribution in [2.45, 2.75) is 38.8 Å². The number of benzene rings is 1. The van der Waals surface area contributed by atoms with Crippen LogP contribution in [0.2, 0.25) is 0 Å². The van der Waals surface area contributed by atoms with Crippen LogP contribution in [0.4, 0.5) is 13.2 Å². The van der Waals surface area contributed by atoms with Crippen LogP contribution in [0.15, 0.2) is 12.1 Å². The van der Waals surface area contributed by atoms with Crippen LogP contribution in [0.1, 0.15) is 38.3 Å². The van der Waals surface area contributed by atoms with Crippen molar-refractivity contribution in [3.05, 3.63) is 35.1 Å². The van der Waals surface area contributed by atoms with Gasteiger partial charge >= 0.3 is 0 Å². The van der Waals surface area contributed by atoms with Gasteiger partial charge in [0, 0.05) is 11.6 Å². The van der Waals surface area contributed by atoms with Crippen molar-refractivity contribution < 1.29 is 18.3 Å². The molecule has 0 aromatic heterocycles. The van der Waals surface area contributed by atoms with Crippen molar-refractivity contribution in [2.24, 2.45) is 11.7 Å². The minimum atomic E-state index is -1.29. The summed E-state index contributed by atoms with van der Waals surface area (Å²) in [6, 6.07) is 0.141. The van der Waals surface area contributed by atoms with E-state index in [0.29, 0.717) is 24.8 Å². The number of hydrogen-bond donors (Lipinski definition) is 2. The number of halogens is 3. The average Bonchev–Trinajstić information content (AvgIpc) is 2.29. The van der Waals surface area contributed by atoms with E-state index in [9.17, 15) is 18.3 Å². The first-order valence-electron chi connectivity index (χ1n) is 5.91. The van der Waals surface area contributed by atoms with Crippen LogP contribution < -0.4 is 5.73 Å². The SMILES string of the molecule is CC(C)CC[C@@H](O)[C@@H](N)c1cc(F)cc(F)c1F. The maximum Gasteiger partial charge on any atom is 0.163 e. The summed E-state index contributed by atoms with van der Waals surface area (Å²) in [5.41, 5.74) is 5.31. The number of hydrogen-bond acceptors (Lipinski definition) is 2. The van der Waals surface area contributed by atoms with Crippen LogP contribution in [0.25, 0.3) is 0 Å². The minimum Gasteiger partial charge on any atom is -0.391 e. The lowest BCUT2D eigenvalue weighted by Gasteiger charge is -2.20. The molecule has 0 aliphatic heterocycles. The Morgan fingerprint density at radius 1 is 1.17 bits per heavy atom. The molecule has 0 fully saturated rings. The Bertz CT molecular complexity index is 409. The maximum absolute atomic E-state index is 13.5. The Kier molecular flexibility index (Phi) is 5.16. The molecule has 102 valence electrons.